The number of hydrogen-bond donors (Lipinski definition) is 3. The second-order valence-corrected chi connectivity index (χ2v) is 5.51. The van der Waals surface area contributed by atoms with Crippen LogP contribution in [-0.4, -0.2) is 22.1 Å². The van der Waals surface area contributed by atoms with Crippen LogP contribution in [-0.2, 0) is 0 Å². The molecule has 0 bridgehead atoms. The molecule has 5 heteroatoms. The van der Waals surface area contributed by atoms with Gasteiger partial charge < -0.3 is 15.5 Å². The number of anilines is 1. The average Bonchev–Trinajstić information content (AvgIpc) is 2.55. The fourth-order valence-corrected chi connectivity index (χ4v) is 2.50. The summed E-state index contributed by atoms with van der Waals surface area (Å²) in [4.78, 5) is 23.5. The first-order valence-corrected chi connectivity index (χ1v) is 7.33. The topological polar surface area (TPSA) is 86.6 Å². The van der Waals surface area contributed by atoms with E-state index in [0.717, 1.165) is 5.56 Å². The quantitative estimate of drug-likeness (QED) is 0.685. The van der Waals surface area contributed by atoms with E-state index >= 15 is 0 Å². The third kappa shape index (κ3) is 2.92. The Morgan fingerprint density at radius 1 is 0.958 bits per heavy atom. The predicted molar refractivity (Wildman–Crippen MR) is 91.7 cm³/mol. The zero-order valence-electron chi connectivity index (χ0n) is 12.9. The van der Waals surface area contributed by atoms with Gasteiger partial charge >= 0.3 is 5.97 Å². The van der Waals surface area contributed by atoms with Crippen LogP contribution >= 0.6 is 0 Å². The first-order valence-electron chi connectivity index (χ1n) is 7.33. The Morgan fingerprint density at radius 2 is 1.71 bits per heavy atom. The van der Waals surface area contributed by atoms with Crippen molar-refractivity contribution in [1.82, 2.24) is 0 Å². The van der Waals surface area contributed by atoms with Crippen LogP contribution in [0.2, 0.25) is 0 Å². The second-order valence-electron chi connectivity index (χ2n) is 5.51. The molecule has 3 aromatic rings. The molecule has 0 unspecified atom stereocenters. The van der Waals surface area contributed by atoms with Crippen LogP contribution in [0.1, 0.15) is 26.3 Å². The van der Waals surface area contributed by atoms with Crippen molar-refractivity contribution in [3.05, 3.63) is 71.3 Å². The standard InChI is InChI=1S/C19H15NO4/c1-11-4-2-3-5-16(11)20-18(22)15-9-14-8-13(19(23)24)7-6-12(14)10-17(15)21/h2-10,21H,1H3,(H,20,22)(H,23,24). The number of aryl methyl sites for hydroxylation is 1. The van der Waals surface area contributed by atoms with Crippen molar-refractivity contribution in [2.75, 3.05) is 5.32 Å². The number of nitrogens with one attached hydrogen (secondary N) is 1. The van der Waals surface area contributed by atoms with E-state index in [1.54, 1.807) is 12.1 Å². The third-order valence-electron chi connectivity index (χ3n) is 3.84. The number of fused-ring (bicyclic) bond motifs is 1. The van der Waals surface area contributed by atoms with Crippen molar-refractivity contribution in [2.45, 2.75) is 6.92 Å². The van der Waals surface area contributed by atoms with E-state index in [1.165, 1.54) is 24.3 Å². The van der Waals surface area contributed by atoms with E-state index in [9.17, 15) is 14.7 Å². The molecule has 0 saturated carbocycles. The number of hydrogen-bond acceptors (Lipinski definition) is 3. The van der Waals surface area contributed by atoms with E-state index in [1.807, 2.05) is 25.1 Å². The minimum atomic E-state index is -1.05. The summed E-state index contributed by atoms with van der Waals surface area (Å²) in [5.41, 5.74) is 1.77. The zero-order chi connectivity index (χ0) is 17.3. The lowest BCUT2D eigenvalue weighted by molar-refractivity contribution is 0.0697. The molecule has 1 amide bonds. The van der Waals surface area contributed by atoms with Crippen molar-refractivity contribution < 1.29 is 19.8 Å². The molecule has 3 aromatic carbocycles. The van der Waals surface area contributed by atoms with Crippen LogP contribution in [0.5, 0.6) is 5.75 Å². The van der Waals surface area contributed by atoms with Gasteiger partial charge in [0, 0.05) is 5.69 Å². The Hall–Kier alpha value is -3.34. The minimum Gasteiger partial charge on any atom is -0.507 e. The summed E-state index contributed by atoms with van der Waals surface area (Å²) in [6, 6.07) is 14.8. The Bertz CT molecular complexity index is 963. The molecular weight excluding hydrogens is 306 g/mol. The number of phenols is 1. The molecule has 0 aliphatic rings. The Kier molecular flexibility index (Phi) is 3.92. The SMILES string of the molecule is Cc1ccccc1NC(=O)c1cc2cc(C(=O)O)ccc2cc1O. The van der Waals surface area contributed by atoms with Gasteiger partial charge in [0.2, 0.25) is 0 Å². The third-order valence-corrected chi connectivity index (χ3v) is 3.84. The van der Waals surface area contributed by atoms with Crippen LogP contribution < -0.4 is 5.32 Å². The molecule has 3 N–H and O–H groups in total. The molecule has 3 rings (SSSR count). The maximum absolute atomic E-state index is 12.5. The van der Waals surface area contributed by atoms with Crippen LogP contribution in [0, 0.1) is 6.92 Å². The monoisotopic (exact) mass is 321 g/mol. The normalized spacial score (nSPS) is 10.5. The molecule has 120 valence electrons. The van der Waals surface area contributed by atoms with E-state index in [4.69, 9.17) is 5.11 Å². The van der Waals surface area contributed by atoms with Gasteiger partial charge in [0.05, 0.1) is 11.1 Å². The molecular formula is C19H15NO4. The number of carbonyl (C=O) groups excluding carboxylic acids is 1. The van der Waals surface area contributed by atoms with Crippen molar-refractivity contribution in [3.8, 4) is 5.75 Å². The van der Waals surface area contributed by atoms with E-state index in [0.29, 0.717) is 16.5 Å². The summed E-state index contributed by atoms with van der Waals surface area (Å²) in [6.45, 7) is 1.87. The summed E-state index contributed by atoms with van der Waals surface area (Å²) in [5.74, 6) is -1.66. The summed E-state index contributed by atoms with van der Waals surface area (Å²) >= 11 is 0. The lowest BCUT2D eigenvalue weighted by Crippen LogP contribution is -2.13. The number of carbonyl (C=O) groups is 2. The molecule has 0 aliphatic carbocycles. The highest BCUT2D eigenvalue weighted by Gasteiger charge is 2.14. The van der Waals surface area contributed by atoms with Crippen molar-refractivity contribution >= 4 is 28.3 Å². The van der Waals surface area contributed by atoms with Gasteiger partial charge in [0.15, 0.2) is 0 Å². The van der Waals surface area contributed by atoms with E-state index < -0.39 is 11.9 Å². The largest absolute Gasteiger partial charge is 0.507 e. The van der Waals surface area contributed by atoms with Gasteiger partial charge in [-0.25, -0.2) is 4.79 Å². The van der Waals surface area contributed by atoms with Gasteiger partial charge in [-0.05, 0) is 53.6 Å². The Labute approximate surface area is 138 Å². The van der Waals surface area contributed by atoms with Gasteiger partial charge in [0.1, 0.15) is 5.75 Å². The highest BCUT2D eigenvalue weighted by Crippen LogP contribution is 2.27. The Morgan fingerprint density at radius 3 is 2.42 bits per heavy atom. The average molecular weight is 321 g/mol. The number of aromatic hydroxyl groups is 1. The molecule has 0 fully saturated rings. The number of phenolic OH excluding ortho intramolecular Hbond substituents is 1. The van der Waals surface area contributed by atoms with Crippen LogP contribution in [0.15, 0.2) is 54.6 Å². The summed E-state index contributed by atoms with van der Waals surface area (Å²) in [6.07, 6.45) is 0. The maximum atomic E-state index is 12.5. The highest BCUT2D eigenvalue weighted by molar-refractivity contribution is 6.09. The predicted octanol–water partition coefficient (Wildman–Crippen LogP) is 3.80. The molecule has 0 atom stereocenters. The Balaban J connectivity index is 2.01. The lowest BCUT2D eigenvalue weighted by atomic mass is 10.0. The first kappa shape index (κ1) is 15.6. The summed E-state index contributed by atoms with van der Waals surface area (Å²) < 4.78 is 0. The minimum absolute atomic E-state index is 0.0910. The number of para-hydroxylation sites is 1. The summed E-state index contributed by atoms with van der Waals surface area (Å²) in [5, 5.41) is 23.2. The smallest absolute Gasteiger partial charge is 0.335 e. The number of amides is 1. The molecule has 0 heterocycles. The molecule has 5 nitrogen and oxygen atoms in total. The number of benzene rings is 3. The number of rotatable bonds is 3. The van der Waals surface area contributed by atoms with Crippen LogP contribution in [0.3, 0.4) is 0 Å². The highest BCUT2D eigenvalue weighted by atomic mass is 16.4. The van der Waals surface area contributed by atoms with Crippen molar-refractivity contribution in [1.29, 1.82) is 0 Å². The van der Waals surface area contributed by atoms with Crippen LogP contribution in [0.4, 0.5) is 5.69 Å². The fraction of sp³-hybridized carbons (Fsp3) is 0.0526. The lowest BCUT2D eigenvalue weighted by Gasteiger charge is -2.10. The molecule has 24 heavy (non-hydrogen) atoms. The van der Waals surface area contributed by atoms with Gasteiger partial charge in [-0.15, -0.1) is 0 Å². The fourth-order valence-electron chi connectivity index (χ4n) is 2.50. The van der Waals surface area contributed by atoms with Gasteiger partial charge in [-0.3, -0.25) is 4.79 Å². The molecule has 0 radical (unpaired) electrons. The second kappa shape index (κ2) is 6.04. The van der Waals surface area contributed by atoms with Gasteiger partial charge in [0.25, 0.3) is 5.91 Å². The van der Waals surface area contributed by atoms with E-state index in [-0.39, 0.29) is 16.9 Å². The molecule has 0 aliphatic heterocycles. The number of carboxylic acid groups (broad SMARTS) is 1. The summed E-state index contributed by atoms with van der Waals surface area (Å²) in [7, 11) is 0. The number of carboxylic acids is 1. The molecule has 0 saturated heterocycles. The molecule has 0 aromatic heterocycles. The van der Waals surface area contributed by atoms with Crippen LogP contribution in [0.25, 0.3) is 10.8 Å². The van der Waals surface area contributed by atoms with Crippen molar-refractivity contribution in [3.63, 3.8) is 0 Å². The van der Waals surface area contributed by atoms with E-state index in [2.05, 4.69) is 5.32 Å². The maximum Gasteiger partial charge on any atom is 0.335 e. The van der Waals surface area contributed by atoms with Gasteiger partial charge in [-0.2, -0.15) is 0 Å². The van der Waals surface area contributed by atoms with Gasteiger partial charge in [-0.1, -0.05) is 24.3 Å². The van der Waals surface area contributed by atoms with Crippen molar-refractivity contribution in [2.24, 2.45) is 0 Å². The molecule has 0 spiro atoms. The zero-order valence-corrected chi connectivity index (χ0v) is 12.9. The number of aromatic carboxylic acids is 1. The first-order chi connectivity index (χ1) is 11.5.